The minimum Gasteiger partial charge on any atom is -0.497 e. The van der Waals surface area contributed by atoms with Crippen molar-refractivity contribution in [2.45, 2.75) is 26.4 Å². The first kappa shape index (κ1) is 33.0. The van der Waals surface area contributed by atoms with E-state index < -0.39 is 0 Å². The number of carbonyl (C=O) groups is 1. The Labute approximate surface area is 227 Å². The van der Waals surface area contributed by atoms with Gasteiger partial charge in [-0.1, -0.05) is 36.4 Å². The van der Waals surface area contributed by atoms with E-state index in [-0.39, 0.29) is 18.1 Å². The first-order chi connectivity index (χ1) is 18.3. The number of rotatable bonds is 7. The molecule has 0 saturated carbocycles. The van der Waals surface area contributed by atoms with Crippen LogP contribution in [-0.2, 0) is 29.0 Å². The first-order valence-corrected chi connectivity index (χ1v) is 12.6. The van der Waals surface area contributed by atoms with Crippen LogP contribution in [0, 0.1) is 12.7 Å². The van der Waals surface area contributed by atoms with Gasteiger partial charge in [-0.3, -0.25) is 10.2 Å². The number of halogens is 1. The number of nitrogens with one attached hydrogen (secondary N) is 2. The Morgan fingerprint density at radius 3 is 2.24 bits per heavy atom. The summed E-state index contributed by atoms with van der Waals surface area (Å²) in [6.07, 6.45) is 0.184. The van der Waals surface area contributed by atoms with E-state index in [1.165, 1.54) is 23.3 Å². The van der Waals surface area contributed by atoms with Crippen LogP contribution in [0.3, 0.4) is 0 Å². The van der Waals surface area contributed by atoms with Crippen molar-refractivity contribution < 1.29 is 23.4 Å². The molecule has 6 N–H and O–H groups in total. The highest BCUT2D eigenvalue weighted by Gasteiger charge is 2.08. The van der Waals surface area contributed by atoms with Crippen molar-refractivity contribution in [2.75, 3.05) is 34.5 Å². The fourth-order valence-corrected chi connectivity index (χ4v) is 3.48. The second-order valence-corrected chi connectivity index (χ2v) is 8.82. The maximum Gasteiger partial charge on any atom is 0.238 e. The minimum atomic E-state index is -0.265. The van der Waals surface area contributed by atoms with Gasteiger partial charge in [-0.2, -0.15) is 0 Å². The molecule has 4 rings (SSSR count). The van der Waals surface area contributed by atoms with Crippen LogP contribution >= 0.6 is 9.24 Å². The molecule has 10 heteroatoms. The van der Waals surface area contributed by atoms with Crippen LogP contribution in [0.1, 0.15) is 22.3 Å². The van der Waals surface area contributed by atoms with Gasteiger partial charge < -0.3 is 25.3 Å². The number of aryl methyl sites for hydroxylation is 1. The monoisotopic (exact) mass is 546 g/mol. The number of amides is 1. The van der Waals surface area contributed by atoms with Gasteiger partial charge in [0, 0.05) is 24.7 Å². The molecule has 1 aliphatic heterocycles. The number of hydrazine groups is 1. The van der Waals surface area contributed by atoms with Gasteiger partial charge in [0.15, 0.2) is 0 Å². The van der Waals surface area contributed by atoms with Crippen LogP contribution < -0.4 is 37.1 Å². The average Bonchev–Trinajstić information content (AvgIpc) is 3.79. The predicted octanol–water partition coefficient (Wildman–Crippen LogP) is 2.75. The van der Waals surface area contributed by atoms with E-state index in [1.807, 2.05) is 32.2 Å². The van der Waals surface area contributed by atoms with Gasteiger partial charge in [0.05, 0.1) is 33.9 Å². The second kappa shape index (κ2) is 19.1. The molecule has 3 aromatic rings. The molecule has 1 fully saturated rings. The Morgan fingerprint density at radius 1 is 1.05 bits per heavy atom. The normalized spacial score (nSPS) is 10.8. The zero-order valence-corrected chi connectivity index (χ0v) is 23.7. The van der Waals surface area contributed by atoms with Crippen molar-refractivity contribution in [3.05, 3.63) is 88.7 Å². The van der Waals surface area contributed by atoms with Crippen LogP contribution in [0.4, 0.5) is 4.39 Å². The molecule has 1 heterocycles. The fourth-order valence-electron chi connectivity index (χ4n) is 3.06. The molecule has 208 valence electrons. The zero-order valence-electron chi connectivity index (χ0n) is 22.6. The minimum absolute atomic E-state index is 0.167. The Bertz CT molecular complexity index is 1060. The van der Waals surface area contributed by atoms with Gasteiger partial charge in [0.2, 0.25) is 5.91 Å². The molecule has 1 atom stereocenters. The predicted molar refractivity (Wildman–Crippen MR) is 154 cm³/mol. The highest BCUT2D eigenvalue weighted by atomic mass is 31.0. The summed E-state index contributed by atoms with van der Waals surface area (Å²) in [7, 11) is 7.51. The third kappa shape index (κ3) is 14.6. The summed E-state index contributed by atoms with van der Waals surface area (Å²) in [6, 6.07) is 18.5. The van der Waals surface area contributed by atoms with Crippen molar-refractivity contribution in [1.29, 1.82) is 0 Å². The molecule has 0 radical (unpaired) electrons. The number of ether oxygens (including phenoxy) is 3. The number of hydrogen-bond acceptors (Lipinski definition) is 7. The van der Waals surface area contributed by atoms with E-state index in [0.29, 0.717) is 18.0 Å². The molecule has 0 spiro atoms. The lowest BCUT2D eigenvalue weighted by molar-refractivity contribution is -0.120. The van der Waals surface area contributed by atoms with Gasteiger partial charge in [-0.05, 0) is 54.2 Å². The maximum absolute atomic E-state index is 12.4. The standard InChI is InChI=1S/C10H14N2O3.C9H14N2.C7H8FP.C2H4O/c1-14-8-4-3-7(5-10(13)12-11)9(6-8)15-2;1-11-7-9-4-2-3-8(5-9)6-10;1-5-2-6(8)4-7(9)3-5;1-2-3-1/h3-4,6H,5,11H2,1-2H3,(H,12,13);2-5,11H,6-7,10H2,1H3;2-4H,9H2,1H3;1-2H2. The molecule has 0 aliphatic carbocycles. The highest BCUT2D eigenvalue weighted by Crippen LogP contribution is 2.24. The molecule has 38 heavy (non-hydrogen) atoms. The maximum atomic E-state index is 12.4. The number of benzene rings is 3. The quantitative estimate of drug-likeness (QED) is 0.118. The number of epoxide rings is 1. The van der Waals surface area contributed by atoms with E-state index >= 15 is 0 Å². The number of hydrogen-bond donors (Lipinski definition) is 4. The SMILES string of the molecule is C1CO1.CNCc1cccc(CN)c1.COc1ccc(CC(=O)NN)c(OC)c1.Cc1cc(F)cc(P)c1. The van der Waals surface area contributed by atoms with Crippen LogP contribution in [0.5, 0.6) is 11.5 Å². The molecule has 1 aliphatic rings. The summed E-state index contributed by atoms with van der Waals surface area (Å²) in [6.45, 7) is 5.40. The molecule has 1 saturated heterocycles. The van der Waals surface area contributed by atoms with E-state index in [4.69, 9.17) is 21.1 Å². The summed E-state index contributed by atoms with van der Waals surface area (Å²) in [5, 5.41) is 3.99. The van der Waals surface area contributed by atoms with E-state index in [9.17, 15) is 9.18 Å². The van der Waals surface area contributed by atoms with Crippen molar-refractivity contribution in [3.8, 4) is 11.5 Å². The number of carbonyl (C=O) groups excluding carboxylic acids is 1. The van der Waals surface area contributed by atoms with Gasteiger partial charge in [-0.15, -0.1) is 9.24 Å². The molecular weight excluding hydrogens is 506 g/mol. The highest BCUT2D eigenvalue weighted by molar-refractivity contribution is 7.27. The summed E-state index contributed by atoms with van der Waals surface area (Å²) in [4.78, 5) is 11.1. The first-order valence-electron chi connectivity index (χ1n) is 12.0. The second-order valence-electron chi connectivity index (χ2n) is 8.15. The molecule has 0 bridgehead atoms. The summed E-state index contributed by atoms with van der Waals surface area (Å²) >= 11 is 0. The Balaban J connectivity index is 0.000000277. The van der Waals surface area contributed by atoms with E-state index in [2.05, 4.69) is 36.9 Å². The summed E-state index contributed by atoms with van der Waals surface area (Å²) in [5.74, 6) is 5.86. The van der Waals surface area contributed by atoms with Crippen molar-refractivity contribution in [1.82, 2.24) is 10.7 Å². The van der Waals surface area contributed by atoms with Crippen molar-refractivity contribution in [2.24, 2.45) is 11.6 Å². The molecule has 1 unspecified atom stereocenters. The smallest absolute Gasteiger partial charge is 0.238 e. The van der Waals surface area contributed by atoms with Crippen molar-refractivity contribution in [3.63, 3.8) is 0 Å². The molecule has 8 nitrogen and oxygen atoms in total. The molecule has 0 aromatic heterocycles. The van der Waals surface area contributed by atoms with Gasteiger partial charge in [-0.25, -0.2) is 10.2 Å². The van der Waals surface area contributed by atoms with Crippen LogP contribution in [0.2, 0.25) is 0 Å². The lowest BCUT2D eigenvalue weighted by atomic mass is 10.1. The molecule has 1 amide bonds. The van der Waals surface area contributed by atoms with Crippen molar-refractivity contribution >= 4 is 20.5 Å². The van der Waals surface area contributed by atoms with Gasteiger partial charge in [0.1, 0.15) is 17.3 Å². The Kier molecular flexibility index (Phi) is 16.5. The van der Waals surface area contributed by atoms with E-state index in [0.717, 1.165) is 36.2 Å². The fraction of sp³-hybridized carbons (Fsp3) is 0.321. The van der Waals surface area contributed by atoms with E-state index in [1.54, 1.807) is 32.4 Å². The van der Waals surface area contributed by atoms with Crippen LogP contribution in [-0.4, -0.2) is 40.4 Å². The third-order valence-electron chi connectivity index (χ3n) is 4.88. The topological polar surface area (TPSA) is 124 Å². The third-order valence-corrected chi connectivity index (χ3v) is 5.22. The molecule has 3 aromatic carbocycles. The van der Waals surface area contributed by atoms with Crippen LogP contribution in [0.15, 0.2) is 60.7 Å². The van der Waals surface area contributed by atoms with Gasteiger partial charge in [0.25, 0.3) is 0 Å². The zero-order chi connectivity index (χ0) is 28.3. The lowest BCUT2D eigenvalue weighted by Gasteiger charge is -2.09. The summed E-state index contributed by atoms with van der Waals surface area (Å²) in [5.41, 5.74) is 11.8. The number of methoxy groups -OCH3 is 2. The van der Waals surface area contributed by atoms with Gasteiger partial charge >= 0.3 is 0 Å². The Hall–Kier alpha value is -3.07. The molecular formula is C28H40FN4O4P. The largest absolute Gasteiger partial charge is 0.497 e. The summed E-state index contributed by atoms with van der Waals surface area (Å²) < 4.78 is 27.1. The van der Waals surface area contributed by atoms with Crippen LogP contribution in [0.25, 0.3) is 0 Å². The Morgan fingerprint density at radius 2 is 1.74 bits per heavy atom. The number of nitrogens with two attached hydrogens (primary N) is 2. The average molecular weight is 547 g/mol. The lowest BCUT2D eigenvalue weighted by Crippen LogP contribution is -2.31.